The molecular formula is C27H23BrN2O5. The number of carbonyl (C=O) groups excluding carboxylic acids is 1. The van der Waals surface area contributed by atoms with E-state index in [1.807, 2.05) is 32.0 Å². The van der Waals surface area contributed by atoms with E-state index in [2.05, 4.69) is 21.2 Å². The van der Waals surface area contributed by atoms with E-state index < -0.39 is 11.9 Å². The first-order valence-electron chi connectivity index (χ1n) is 10.7. The lowest BCUT2D eigenvalue weighted by Gasteiger charge is -2.15. The van der Waals surface area contributed by atoms with Gasteiger partial charge in [0.2, 0.25) is 0 Å². The Bertz CT molecular complexity index is 1290. The number of amides is 1. The molecule has 0 bridgehead atoms. The summed E-state index contributed by atoms with van der Waals surface area (Å²) in [5.74, 6) is -0.622. The average molecular weight is 535 g/mol. The molecule has 1 amide bonds. The summed E-state index contributed by atoms with van der Waals surface area (Å²) in [5, 5.41) is 21.3. The molecule has 0 fully saturated rings. The molecule has 3 aromatic rings. The van der Waals surface area contributed by atoms with E-state index in [0.717, 1.165) is 11.1 Å². The Kier molecular flexibility index (Phi) is 8.65. The van der Waals surface area contributed by atoms with E-state index in [-0.39, 0.29) is 17.7 Å². The number of nitrogens with zero attached hydrogens (tertiary/aromatic N) is 1. The number of nitriles is 1. The second-order valence-electron chi connectivity index (χ2n) is 7.54. The molecule has 0 heterocycles. The number of carbonyl (C=O) groups is 2. The van der Waals surface area contributed by atoms with Gasteiger partial charge in [-0.1, -0.05) is 29.8 Å². The molecule has 2 N–H and O–H groups in total. The van der Waals surface area contributed by atoms with E-state index in [9.17, 15) is 14.9 Å². The highest BCUT2D eigenvalue weighted by molar-refractivity contribution is 9.10. The summed E-state index contributed by atoms with van der Waals surface area (Å²) in [6.07, 6.45) is 1.48. The van der Waals surface area contributed by atoms with Crippen LogP contribution in [0.3, 0.4) is 0 Å². The summed E-state index contributed by atoms with van der Waals surface area (Å²) in [6, 6.07) is 19.0. The number of aromatic carboxylic acids is 1. The summed E-state index contributed by atoms with van der Waals surface area (Å²) in [7, 11) is 0. The standard InChI is InChI=1S/C27H23BrN2O5/c1-3-34-24-14-19(12-21(15-29)26(31)30-22-10-4-17(2)5-11-22)13-23(28)25(24)35-16-18-6-8-20(9-7-18)27(32)33/h4-14H,3,16H2,1-2H3,(H,30,31)(H,32,33)/b21-12+. The minimum Gasteiger partial charge on any atom is -0.490 e. The molecule has 0 saturated carbocycles. The topological polar surface area (TPSA) is 109 Å². The van der Waals surface area contributed by atoms with E-state index in [0.29, 0.717) is 33.8 Å². The number of carboxylic acids is 1. The first kappa shape index (κ1) is 25.5. The van der Waals surface area contributed by atoms with Gasteiger partial charge in [-0.2, -0.15) is 5.26 Å². The smallest absolute Gasteiger partial charge is 0.335 e. The normalized spacial score (nSPS) is 10.9. The van der Waals surface area contributed by atoms with Crippen molar-refractivity contribution in [3.8, 4) is 17.6 Å². The van der Waals surface area contributed by atoms with Gasteiger partial charge < -0.3 is 19.9 Å². The van der Waals surface area contributed by atoms with Crippen molar-refractivity contribution in [1.82, 2.24) is 0 Å². The average Bonchev–Trinajstić information content (AvgIpc) is 2.83. The fraction of sp³-hybridized carbons (Fsp3) is 0.148. The maximum Gasteiger partial charge on any atom is 0.335 e. The zero-order chi connectivity index (χ0) is 25.4. The summed E-state index contributed by atoms with van der Waals surface area (Å²) in [6.45, 7) is 4.35. The number of benzene rings is 3. The maximum absolute atomic E-state index is 12.6. The zero-order valence-corrected chi connectivity index (χ0v) is 20.8. The fourth-order valence-corrected chi connectivity index (χ4v) is 3.70. The molecule has 3 rings (SSSR count). The maximum atomic E-state index is 12.6. The van der Waals surface area contributed by atoms with Crippen LogP contribution in [0.1, 0.15) is 34.0 Å². The van der Waals surface area contributed by atoms with Gasteiger partial charge in [0.1, 0.15) is 18.2 Å². The summed E-state index contributed by atoms with van der Waals surface area (Å²) in [5.41, 5.74) is 3.15. The Hall–Kier alpha value is -4.09. The van der Waals surface area contributed by atoms with E-state index in [4.69, 9.17) is 14.6 Å². The van der Waals surface area contributed by atoms with Crippen molar-refractivity contribution < 1.29 is 24.2 Å². The Labute approximate surface area is 211 Å². The van der Waals surface area contributed by atoms with Crippen LogP contribution in [-0.4, -0.2) is 23.6 Å². The van der Waals surface area contributed by atoms with Gasteiger partial charge in [0.25, 0.3) is 5.91 Å². The van der Waals surface area contributed by atoms with Crippen LogP contribution in [0.5, 0.6) is 11.5 Å². The van der Waals surface area contributed by atoms with Gasteiger partial charge in [0.15, 0.2) is 11.5 Å². The molecule has 178 valence electrons. The van der Waals surface area contributed by atoms with Crippen molar-refractivity contribution in [2.24, 2.45) is 0 Å². The van der Waals surface area contributed by atoms with Crippen LogP contribution in [0.25, 0.3) is 6.08 Å². The number of anilines is 1. The lowest BCUT2D eigenvalue weighted by Crippen LogP contribution is -2.13. The third-order valence-electron chi connectivity index (χ3n) is 4.90. The summed E-state index contributed by atoms with van der Waals surface area (Å²) >= 11 is 3.49. The molecule has 0 aromatic heterocycles. The molecule has 0 unspecified atom stereocenters. The van der Waals surface area contributed by atoms with Crippen LogP contribution in [0.15, 0.2) is 70.7 Å². The van der Waals surface area contributed by atoms with Crippen LogP contribution in [0, 0.1) is 18.3 Å². The highest BCUT2D eigenvalue weighted by atomic mass is 79.9. The predicted molar refractivity (Wildman–Crippen MR) is 136 cm³/mol. The predicted octanol–water partition coefficient (Wildman–Crippen LogP) is 5.98. The van der Waals surface area contributed by atoms with Gasteiger partial charge in [0.05, 0.1) is 16.6 Å². The number of hydrogen-bond acceptors (Lipinski definition) is 5. The molecule has 7 nitrogen and oxygen atoms in total. The highest BCUT2D eigenvalue weighted by Crippen LogP contribution is 2.38. The molecule has 0 atom stereocenters. The monoisotopic (exact) mass is 534 g/mol. The third kappa shape index (κ3) is 6.95. The van der Waals surface area contributed by atoms with E-state index >= 15 is 0 Å². The van der Waals surface area contributed by atoms with Gasteiger partial charge in [-0.05, 0) is 83.4 Å². The van der Waals surface area contributed by atoms with Crippen molar-refractivity contribution in [2.75, 3.05) is 11.9 Å². The molecular weight excluding hydrogens is 512 g/mol. The molecule has 0 aliphatic rings. The Morgan fingerprint density at radius 2 is 1.77 bits per heavy atom. The van der Waals surface area contributed by atoms with Gasteiger partial charge in [-0.15, -0.1) is 0 Å². The van der Waals surface area contributed by atoms with E-state index in [1.54, 1.807) is 36.4 Å². The second-order valence-corrected chi connectivity index (χ2v) is 8.40. The number of hydrogen-bond donors (Lipinski definition) is 2. The molecule has 35 heavy (non-hydrogen) atoms. The van der Waals surface area contributed by atoms with Crippen molar-refractivity contribution in [2.45, 2.75) is 20.5 Å². The van der Waals surface area contributed by atoms with Crippen molar-refractivity contribution >= 4 is 39.6 Å². The number of halogens is 1. The van der Waals surface area contributed by atoms with Crippen molar-refractivity contribution in [1.29, 1.82) is 5.26 Å². The summed E-state index contributed by atoms with van der Waals surface area (Å²) in [4.78, 5) is 23.6. The van der Waals surface area contributed by atoms with Gasteiger partial charge >= 0.3 is 5.97 Å². The quantitative estimate of drug-likeness (QED) is 0.258. The number of ether oxygens (including phenoxy) is 2. The second kappa shape index (κ2) is 11.9. The molecule has 0 saturated heterocycles. The lowest BCUT2D eigenvalue weighted by atomic mass is 10.1. The molecule has 0 radical (unpaired) electrons. The van der Waals surface area contributed by atoms with Crippen LogP contribution >= 0.6 is 15.9 Å². The Morgan fingerprint density at radius 3 is 2.37 bits per heavy atom. The molecule has 0 aliphatic heterocycles. The first-order chi connectivity index (χ1) is 16.8. The molecule has 0 aliphatic carbocycles. The number of aryl methyl sites for hydroxylation is 1. The zero-order valence-electron chi connectivity index (χ0n) is 19.2. The van der Waals surface area contributed by atoms with Crippen LogP contribution < -0.4 is 14.8 Å². The minimum atomic E-state index is -0.994. The minimum absolute atomic E-state index is 0.0629. The molecule has 0 spiro atoms. The number of nitrogens with one attached hydrogen (secondary N) is 1. The van der Waals surface area contributed by atoms with Crippen LogP contribution in [0.2, 0.25) is 0 Å². The Balaban J connectivity index is 1.81. The summed E-state index contributed by atoms with van der Waals surface area (Å²) < 4.78 is 12.3. The van der Waals surface area contributed by atoms with Crippen LogP contribution in [-0.2, 0) is 11.4 Å². The SMILES string of the molecule is CCOc1cc(/C=C(\C#N)C(=O)Nc2ccc(C)cc2)cc(Br)c1OCc1ccc(C(=O)O)cc1. The highest BCUT2D eigenvalue weighted by Gasteiger charge is 2.15. The van der Waals surface area contributed by atoms with Gasteiger partial charge in [-0.25, -0.2) is 4.79 Å². The number of rotatable bonds is 9. The molecule has 3 aromatic carbocycles. The Morgan fingerprint density at radius 1 is 1.09 bits per heavy atom. The van der Waals surface area contributed by atoms with Gasteiger partial charge in [-0.3, -0.25) is 4.79 Å². The largest absolute Gasteiger partial charge is 0.490 e. The first-order valence-corrected chi connectivity index (χ1v) is 11.5. The molecule has 8 heteroatoms. The third-order valence-corrected chi connectivity index (χ3v) is 5.49. The van der Waals surface area contributed by atoms with Gasteiger partial charge in [0, 0.05) is 5.69 Å². The lowest BCUT2D eigenvalue weighted by molar-refractivity contribution is -0.112. The van der Waals surface area contributed by atoms with Crippen molar-refractivity contribution in [3.63, 3.8) is 0 Å². The van der Waals surface area contributed by atoms with Crippen molar-refractivity contribution in [3.05, 3.63) is 93.0 Å². The number of carboxylic acid groups (broad SMARTS) is 1. The van der Waals surface area contributed by atoms with E-state index in [1.165, 1.54) is 18.2 Å². The van der Waals surface area contributed by atoms with Crippen LogP contribution in [0.4, 0.5) is 5.69 Å². The fourth-order valence-electron chi connectivity index (χ4n) is 3.12.